The summed E-state index contributed by atoms with van der Waals surface area (Å²) in [4.78, 5) is 5.00. The van der Waals surface area contributed by atoms with E-state index in [1.165, 1.54) is 60.1 Å². The van der Waals surface area contributed by atoms with Crippen LogP contribution in [0, 0.1) is 0 Å². The van der Waals surface area contributed by atoms with Gasteiger partial charge < -0.3 is 9.80 Å². The molecule has 0 heterocycles. The Labute approximate surface area is 373 Å². The van der Waals surface area contributed by atoms with Crippen LogP contribution in [0.25, 0.3) is 32.3 Å². The molecule has 0 fully saturated rings. The first-order chi connectivity index (χ1) is 28.9. The number of benzene rings is 8. The zero-order valence-corrected chi connectivity index (χ0v) is 40.2. The van der Waals surface area contributed by atoms with Crippen molar-refractivity contribution in [1.82, 2.24) is 0 Å². The molecule has 0 atom stereocenters. The highest BCUT2D eigenvalue weighted by molar-refractivity contribution is 6.29. The van der Waals surface area contributed by atoms with Crippen LogP contribution in [0.3, 0.4) is 0 Å². The lowest BCUT2D eigenvalue weighted by atomic mass is 9.83. The third-order valence-electron chi connectivity index (χ3n) is 13.0. The van der Waals surface area contributed by atoms with Gasteiger partial charge in [-0.1, -0.05) is 189 Å². The van der Waals surface area contributed by atoms with Gasteiger partial charge in [-0.05, 0) is 126 Å². The van der Waals surface area contributed by atoms with Gasteiger partial charge in [-0.25, -0.2) is 0 Å². The van der Waals surface area contributed by atoms with Crippen LogP contribution in [0.15, 0.2) is 140 Å². The fourth-order valence-electron chi connectivity index (χ4n) is 8.98. The van der Waals surface area contributed by atoms with Gasteiger partial charge in [0, 0.05) is 38.9 Å². The van der Waals surface area contributed by atoms with Crippen molar-refractivity contribution in [3.63, 3.8) is 0 Å². The average molecular weight is 817 g/mol. The van der Waals surface area contributed by atoms with Gasteiger partial charge in [0.15, 0.2) is 0 Å². The molecule has 0 bridgehead atoms. The van der Waals surface area contributed by atoms with E-state index in [1.807, 2.05) is 0 Å². The van der Waals surface area contributed by atoms with E-state index in [0.717, 1.165) is 34.1 Å². The highest BCUT2D eigenvalue weighted by Crippen LogP contribution is 2.51. The van der Waals surface area contributed by atoms with Crippen molar-refractivity contribution in [3.8, 4) is 0 Å². The molecule has 0 aromatic heterocycles. The molecule has 0 amide bonds. The van der Waals surface area contributed by atoms with Crippen LogP contribution >= 0.6 is 0 Å². The molecule has 8 aromatic carbocycles. The Morgan fingerprint density at radius 2 is 0.516 bits per heavy atom. The molecule has 2 heteroatoms. The number of hydrogen-bond donors (Lipinski definition) is 0. The lowest BCUT2D eigenvalue weighted by molar-refractivity contribution is 0.590. The van der Waals surface area contributed by atoms with Crippen LogP contribution < -0.4 is 9.80 Å². The molecule has 0 aliphatic carbocycles. The molecule has 0 spiro atoms. The summed E-state index contributed by atoms with van der Waals surface area (Å²) in [5, 5.41) is 7.62. The number of anilines is 6. The SMILES string of the molecule is CC(C)(C)c1ccc(N(c2ccc(C(C)(C)C)cc2)c2cc(N(c3ccc(C(C)(C)C)cc3)c3ccc(C(C)(C)C)cc3)c3ccc4cc(C(C)(C)C)cc5ccc2c3c54)cc1. The van der Waals surface area contributed by atoms with Crippen LogP contribution in [0.5, 0.6) is 0 Å². The first kappa shape index (κ1) is 43.1. The predicted octanol–water partition coefficient (Wildman–Crippen LogP) is 18.0. The minimum absolute atomic E-state index is 0.0191. The molecule has 0 radical (unpaired) electrons. The van der Waals surface area contributed by atoms with Crippen LogP contribution in [0.2, 0.25) is 0 Å². The molecule has 0 unspecified atom stereocenters. The Balaban J connectivity index is 1.50. The molecule has 0 aliphatic rings. The largest absolute Gasteiger partial charge is 0.310 e. The Morgan fingerprint density at radius 1 is 0.258 bits per heavy atom. The Kier molecular flexibility index (Phi) is 10.4. The van der Waals surface area contributed by atoms with Crippen molar-refractivity contribution in [1.29, 1.82) is 0 Å². The normalized spacial score (nSPS) is 13.1. The second kappa shape index (κ2) is 15.0. The third-order valence-corrected chi connectivity index (χ3v) is 13.0. The van der Waals surface area contributed by atoms with E-state index >= 15 is 0 Å². The zero-order valence-electron chi connectivity index (χ0n) is 40.2. The molecule has 0 aliphatic heterocycles. The van der Waals surface area contributed by atoms with Crippen molar-refractivity contribution in [3.05, 3.63) is 167 Å². The maximum absolute atomic E-state index is 2.50. The van der Waals surface area contributed by atoms with Gasteiger partial charge in [-0.15, -0.1) is 0 Å². The quantitative estimate of drug-likeness (QED) is 0.154. The summed E-state index contributed by atoms with van der Waals surface area (Å²) in [7, 11) is 0. The van der Waals surface area contributed by atoms with E-state index in [2.05, 4.69) is 253 Å². The molecular formula is C60H68N2. The zero-order chi connectivity index (χ0) is 44.7. The first-order valence-electron chi connectivity index (χ1n) is 22.7. The van der Waals surface area contributed by atoms with Crippen molar-refractivity contribution in [2.75, 3.05) is 9.80 Å². The van der Waals surface area contributed by atoms with Crippen molar-refractivity contribution >= 4 is 66.4 Å². The van der Waals surface area contributed by atoms with Crippen LogP contribution in [0.1, 0.15) is 132 Å². The van der Waals surface area contributed by atoms with Gasteiger partial charge in [-0.3, -0.25) is 0 Å². The molecule has 8 aromatic rings. The van der Waals surface area contributed by atoms with Gasteiger partial charge in [0.05, 0.1) is 11.4 Å². The Bertz CT molecular complexity index is 2560. The smallest absolute Gasteiger partial charge is 0.0561 e. The molecule has 0 N–H and O–H groups in total. The van der Waals surface area contributed by atoms with E-state index in [4.69, 9.17) is 0 Å². The van der Waals surface area contributed by atoms with Crippen LogP contribution in [-0.2, 0) is 27.1 Å². The topological polar surface area (TPSA) is 6.48 Å². The summed E-state index contributed by atoms with van der Waals surface area (Å²) in [5.41, 5.74) is 13.6. The highest BCUT2D eigenvalue weighted by Gasteiger charge is 2.27. The third kappa shape index (κ3) is 8.10. The van der Waals surface area contributed by atoms with Crippen molar-refractivity contribution < 1.29 is 0 Å². The summed E-state index contributed by atoms with van der Waals surface area (Å²) in [6.45, 7) is 34.5. The summed E-state index contributed by atoms with van der Waals surface area (Å²) in [6.07, 6.45) is 0. The second-order valence-corrected chi connectivity index (χ2v) is 22.9. The van der Waals surface area contributed by atoms with Crippen molar-refractivity contribution in [2.24, 2.45) is 0 Å². The molecule has 318 valence electrons. The average Bonchev–Trinajstić information content (AvgIpc) is 3.20. The number of rotatable bonds is 6. The fraction of sp³-hybridized carbons (Fsp3) is 0.333. The van der Waals surface area contributed by atoms with E-state index in [1.54, 1.807) is 0 Å². The van der Waals surface area contributed by atoms with Crippen molar-refractivity contribution in [2.45, 2.75) is 131 Å². The highest BCUT2D eigenvalue weighted by atomic mass is 15.2. The maximum Gasteiger partial charge on any atom is 0.0561 e. The van der Waals surface area contributed by atoms with Crippen LogP contribution in [-0.4, -0.2) is 0 Å². The van der Waals surface area contributed by atoms with Gasteiger partial charge in [0.1, 0.15) is 0 Å². The van der Waals surface area contributed by atoms with E-state index in [-0.39, 0.29) is 27.1 Å². The van der Waals surface area contributed by atoms with E-state index in [9.17, 15) is 0 Å². The summed E-state index contributed by atoms with van der Waals surface area (Å²) in [5.74, 6) is 0. The number of hydrogen-bond acceptors (Lipinski definition) is 2. The standard InChI is InChI=1S/C60H68N2/c1-56(2,3)41-18-26-46(27-19-41)61(47-28-20-42(21-29-47)57(4,5)6)52-38-53(51-35-17-40-37-45(60(13,14)15)36-39-16-34-50(52)55(51)54(39)40)62(48-30-22-43(23-31-48)58(7,8)9)49-32-24-44(25-33-49)59(10,11)12/h16-38H,1-15H3. The lowest BCUT2D eigenvalue weighted by Crippen LogP contribution is -2.17. The minimum atomic E-state index is 0.0191. The molecule has 0 saturated carbocycles. The summed E-state index contributed by atoms with van der Waals surface area (Å²) >= 11 is 0. The minimum Gasteiger partial charge on any atom is -0.310 e. The monoisotopic (exact) mass is 817 g/mol. The first-order valence-corrected chi connectivity index (χ1v) is 22.7. The lowest BCUT2D eigenvalue weighted by Gasteiger charge is -2.33. The molecular weight excluding hydrogens is 749 g/mol. The molecule has 62 heavy (non-hydrogen) atoms. The number of nitrogens with zero attached hydrogens (tertiary/aromatic N) is 2. The molecule has 0 saturated heterocycles. The predicted molar refractivity (Wildman–Crippen MR) is 273 cm³/mol. The Morgan fingerprint density at radius 3 is 0.758 bits per heavy atom. The maximum atomic E-state index is 2.50. The summed E-state index contributed by atoms with van der Waals surface area (Å²) < 4.78 is 0. The van der Waals surface area contributed by atoms with Gasteiger partial charge >= 0.3 is 0 Å². The van der Waals surface area contributed by atoms with Gasteiger partial charge in [0.2, 0.25) is 0 Å². The van der Waals surface area contributed by atoms with E-state index in [0.29, 0.717) is 0 Å². The summed E-state index contributed by atoms with van der Waals surface area (Å²) in [6, 6.07) is 53.9. The van der Waals surface area contributed by atoms with Crippen LogP contribution in [0.4, 0.5) is 34.1 Å². The molecule has 2 nitrogen and oxygen atoms in total. The second-order valence-electron chi connectivity index (χ2n) is 22.9. The van der Waals surface area contributed by atoms with Gasteiger partial charge in [0.25, 0.3) is 0 Å². The van der Waals surface area contributed by atoms with Gasteiger partial charge in [-0.2, -0.15) is 0 Å². The fourth-order valence-corrected chi connectivity index (χ4v) is 8.98. The van der Waals surface area contributed by atoms with E-state index < -0.39 is 0 Å². The molecule has 8 rings (SSSR count). The Hall–Kier alpha value is -5.60.